The van der Waals surface area contributed by atoms with Crippen LogP contribution in [0.5, 0.6) is 0 Å². The number of nitrogen functional groups attached to an aromatic ring is 1. The number of hydrogen-bond acceptors (Lipinski definition) is 5. The summed E-state index contributed by atoms with van der Waals surface area (Å²) in [5, 5.41) is 8.90. The quantitative estimate of drug-likeness (QED) is 0.640. The van der Waals surface area contributed by atoms with Crippen molar-refractivity contribution >= 4 is 11.9 Å². The topological polar surface area (TPSA) is 99.9 Å². The summed E-state index contributed by atoms with van der Waals surface area (Å²) in [6, 6.07) is 0. The Labute approximate surface area is 106 Å². The zero-order chi connectivity index (χ0) is 12.8. The maximum Gasteiger partial charge on any atom is 0.288 e. The maximum absolute atomic E-state index is 11.6. The second-order valence-corrected chi connectivity index (χ2v) is 4.55. The number of nitrogens with zero attached hydrogens (tertiary/aromatic N) is 3. The molecule has 1 aromatic heterocycles. The first-order chi connectivity index (χ1) is 8.75. The smallest absolute Gasteiger partial charge is 0.288 e. The third-order valence-corrected chi connectivity index (χ3v) is 3.10. The summed E-state index contributed by atoms with van der Waals surface area (Å²) < 4.78 is 0. The first-order valence-electron chi connectivity index (χ1n) is 6.44. The zero-order valence-electron chi connectivity index (χ0n) is 10.5. The molecule has 0 bridgehead atoms. The van der Waals surface area contributed by atoms with Gasteiger partial charge < -0.3 is 16.0 Å². The third-order valence-electron chi connectivity index (χ3n) is 3.10. The molecule has 0 aromatic carbocycles. The van der Waals surface area contributed by atoms with E-state index in [1.807, 2.05) is 0 Å². The minimum absolute atomic E-state index is 0.0912. The number of nitrogens with two attached hydrogens (primary N) is 1. The van der Waals surface area contributed by atoms with E-state index in [0.29, 0.717) is 6.54 Å². The van der Waals surface area contributed by atoms with Crippen molar-refractivity contribution in [3.8, 4) is 0 Å². The number of rotatable bonds is 5. The maximum atomic E-state index is 11.6. The number of carbonyl (C=O) groups is 1. The third kappa shape index (κ3) is 3.69. The molecule has 0 radical (unpaired) electrons. The van der Waals surface area contributed by atoms with Crippen LogP contribution >= 0.6 is 0 Å². The van der Waals surface area contributed by atoms with Crippen molar-refractivity contribution in [2.24, 2.45) is 0 Å². The Morgan fingerprint density at radius 1 is 1.39 bits per heavy atom. The van der Waals surface area contributed by atoms with E-state index < -0.39 is 0 Å². The summed E-state index contributed by atoms with van der Waals surface area (Å²) in [5.41, 5.74) is 5.33. The number of carbonyl (C=O) groups excluding carboxylic acids is 1. The predicted molar refractivity (Wildman–Crippen MR) is 68.0 cm³/mol. The minimum atomic E-state index is -0.252. The van der Waals surface area contributed by atoms with Gasteiger partial charge in [0.25, 0.3) is 5.91 Å². The van der Waals surface area contributed by atoms with Crippen molar-refractivity contribution in [1.29, 1.82) is 0 Å². The van der Waals surface area contributed by atoms with E-state index in [2.05, 4.69) is 25.4 Å². The summed E-state index contributed by atoms with van der Waals surface area (Å²) in [7, 11) is 0. The second-order valence-electron chi connectivity index (χ2n) is 4.55. The number of anilines is 1. The number of aromatic nitrogens is 3. The number of amides is 1. The summed E-state index contributed by atoms with van der Waals surface area (Å²) in [5.74, 6) is 0.0109. The molecule has 0 aliphatic carbocycles. The molecule has 7 heteroatoms. The van der Waals surface area contributed by atoms with E-state index in [0.717, 1.165) is 13.0 Å². The highest BCUT2D eigenvalue weighted by molar-refractivity contribution is 5.90. The van der Waals surface area contributed by atoms with Crippen LogP contribution in [0.1, 0.15) is 36.3 Å². The largest absolute Gasteiger partial charge is 0.366 e. The molecule has 4 N–H and O–H groups in total. The number of aromatic amines is 1. The number of nitrogens with one attached hydrogen (secondary N) is 2. The SMILES string of the molecule is Nc1n[nH]c(C(=O)NCCCN2CCCCC2)n1. The highest BCUT2D eigenvalue weighted by Gasteiger charge is 2.11. The van der Waals surface area contributed by atoms with Gasteiger partial charge in [-0.25, -0.2) is 0 Å². The van der Waals surface area contributed by atoms with Gasteiger partial charge in [0.2, 0.25) is 11.8 Å². The van der Waals surface area contributed by atoms with Crippen molar-refractivity contribution < 1.29 is 4.79 Å². The zero-order valence-corrected chi connectivity index (χ0v) is 10.5. The minimum Gasteiger partial charge on any atom is -0.366 e. The molecular weight excluding hydrogens is 232 g/mol. The first-order valence-corrected chi connectivity index (χ1v) is 6.44. The van der Waals surface area contributed by atoms with Crippen molar-refractivity contribution in [2.45, 2.75) is 25.7 Å². The molecular formula is C11H20N6O. The Morgan fingerprint density at radius 2 is 2.17 bits per heavy atom. The van der Waals surface area contributed by atoms with Gasteiger partial charge in [0, 0.05) is 6.54 Å². The molecule has 1 amide bonds. The van der Waals surface area contributed by atoms with Crippen LogP contribution in [0.2, 0.25) is 0 Å². The second kappa shape index (κ2) is 6.34. The van der Waals surface area contributed by atoms with Crippen LogP contribution in [0.3, 0.4) is 0 Å². The van der Waals surface area contributed by atoms with Gasteiger partial charge in [0.1, 0.15) is 0 Å². The fraction of sp³-hybridized carbons (Fsp3) is 0.727. The standard InChI is InChI=1S/C11H20N6O/c12-11-14-9(15-16-11)10(18)13-5-4-8-17-6-2-1-3-7-17/h1-8H2,(H,13,18)(H3,12,14,15,16). The normalized spacial score (nSPS) is 16.7. The van der Waals surface area contributed by atoms with Gasteiger partial charge in [0.05, 0.1) is 0 Å². The average molecular weight is 252 g/mol. The summed E-state index contributed by atoms with van der Waals surface area (Å²) in [6.45, 7) is 4.06. The Kier molecular flexibility index (Phi) is 4.52. The van der Waals surface area contributed by atoms with E-state index in [4.69, 9.17) is 5.73 Å². The lowest BCUT2D eigenvalue weighted by Crippen LogP contribution is -2.33. The molecule has 18 heavy (non-hydrogen) atoms. The van der Waals surface area contributed by atoms with Gasteiger partial charge in [0.15, 0.2) is 0 Å². The summed E-state index contributed by atoms with van der Waals surface area (Å²) in [4.78, 5) is 17.8. The van der Waals surface area contributed by atoms with Crippen molar-refractivity contribution in [1.82, 2.24) is 25.4 Å². The Balaban J connectivity index is 1.61. The van der Waals surface area contributed by atoms with Crippen LogP contribution in [-0.4, -0.2) is 52.2 Å². The lowest BCUT2D eigenvalue weighted by Gasteiger charge is -2.26. The molecule has 0 atom stereocenters. The van der Waals surface area contributed by atoms with Crippen LogP contribution in [0.4, 0.5) is 5.95 Å². The molecule has 1 saturated heterocycles. The molecule has 2 rings (SSSR count). The van der Waals surface area contributed by atoms with Crippen LogP contribution in [0, 0.1) is 0 Å². The van der Waals surface area contributed by atoms with Crippen molar-refractivity contribution in [2.75, 3.05) is 31.9 Å². The van der Waals surface area contributed by atoms with Gasteiger partial charge in [-0.15, -0.1) is 5.10 Å². The molecule has 1 aliphatic rings. The van der Waals surface area contributed by atoms with E-state index >= 15 is 0 Å². The van der Waals surface area contributed by atoms with E-state index in [9.17, 15) is 4.79 Å². The number of likely N-dealkylation sites (tertiary alicyclic amines) is 1. The van der Waals surface area contributed by atoms with Gasteiger partial charge in [-0.3, -0.25) is 9.89 Å². The lowest BCUT2D eigenvalue weighted by atomic mass is 10.1. The first kappa shape index (κ1) is 12.8. The molecule has 100 valence electrons. The molecule has 0 spiro atoms. The van der Waals surface area contributed by atoms with Gasteiger partial charge in [-0.05, 0) is 38.9 Å². The van der Waals surface area contributed by atoms with E-state index in [1.54, 1.807) is 0 Å². The number of piperidine rings is 1. The van der Waals surface area contributed by atoms with Gasteiger partial charge in [-0.2, -0.15) is 4.98 Å². The molecule has 2 heterocycles. The fourth-order valence-corrected chi connectivity index (χ4v) is 2.15. The predicted octanol–water partition coefficient (Wildman–Crippen LogP) is -0.00730. The summed E-state index contributed by atoms with van der Waals surface area (Å²) >= 11 is 0. The molecule has 1 aliphatic heterocycles. The fourth-order valence-electron chi connectivity index (χ4n) is 2.15. The molecule has 1 fully saturated rings. The Bertz CT molecular complexity index is 385. The van der Waals surface area contributed by atoms with Crippen LogP contribution in [0.25, 0.3) is 0 Å². The van der Waals surface area contributed by atoms with E-state index in [1.165, 1.54) is 32.4 Å². The molecule has 0 saturated carbocycles. The molecule has 0 unspecified atom stereocenters. The lowest BCUT2D eigenvalue weighted by molar-refractivity contribution is 0.0941. The van der Waals surface area contributed by atoms with E-state index in [-0.39, 0.29) is 17.7 Å². The number of hydrogen-bond donors (Lipinski definition) is 3. The van der Waals surface area contributed by atoms with Gasteiger partial charge >= 0.3 is 0 Å². The van der Waals surface area contributed by atoms with Crippen molar-refractivity contribution in [3.05, 3.63) is 5.82 Å². The highest BCUT2D eigenvalue weighted by atomic mass is 16.2. The highest BCUT2D eigenvalue weighted by Crippen LogP contribution is 2.08. The average Bonchev–Trinajstić information content (AvgIpc) is 2.82. The number of H-pyrrole nitrogens is 1. The Hall–Kier alpha value is -1.63. The van der Waals surface area contributed by atoms with Gasteiger partial charge in [-0.1, -0.05) is 6.42 Å². The monoisotopic (exact) mass is 252 g/mol. The molecule has 1 aromatic rings. The van der Waals surface area contributed by atoms with Crippen molar-refractivity contribution in [3.63, 3.8) is 0 Å². The Morgan fingerprint density at radius 3 is 2.83 bits per heavy atom. The summed E-state index contributed by atoms with van der Waals surface area (Å²) in [6.07, 6.45) is 4.89. The van der Waals surface area contributed by atoms with Crippen LogP contribution in [-0.2, 0) is 0 Å². The molecule has 7 nitrogen and oxygen atoms in total. The van der Waals surface area contributed by atoms with Crippen LogP contribution in [0.15, 0.2) is 0 Å². The van der Waals surface area contributed by atoms with Crippen LogP contribution < -0.4 is 11.1 Å².